The Morgan fingerprint density at radius 2 is 1.81 bits per heavy atom. The maximum atomic E-state index is 11.2. The summed E-state index contributed by atoms with van der Waals surface area (Å²) in [5, 5.41) is 0. The summed E-state index contributed by atoms with van der Waals surface area (Å²) in [6.07, 6.45) is 7.63. The van der Waals surface area contributed by atoms with Gasteiger partial charge in [-0.25, -0.2) is 0 Å². The maximum Gasteiger partial charge on any atom is 0.303 e. The van der Waals surface area contributed by atoms with Crippen LogP contribution in [-0.4, -0.2) is 11.6 Å². The van der Waals surface area contributed by atoms with Gasteiger partial charge in [-0.15, -0.1) is 0 Å². The molecule has 0 radical (unpaired) electrons. The quantitative estimate of drug-likeness (QED) is 0.671. The Kier molecular flexibility index (Phi) is 2.31. The lowest BCUT2D eigenvalue weighted by Crippen LogP contribution is -2.31. The fraction of sp³-hybridized carbons (Fsp3) is 0.929. The number of hydrogen-bond donors (Lipinski definition) is 0. The fourth-order valence-corrected chi connectivity index (χ4v) is 4.86. The molecule has 0 amide bonds. The van der Waals surface area contributed by atoms with E-state index >= 15 is 0 Å². The summed E-state index contributed by atoms with van der Waals surface area (Å²) in [5.74, 6) is 3.57. The zero-order valence-corrected chi connectivity index (χ0v) is 10.4. The molecule has 2 heteroatoms. The molecule has 0 N–H and O–H groups in total. The van der Waals surface area contributed by atoms with Gasteiger partial charge in [-0.3, -0.25) is 4.79 Å². The number of ether oxygens (including phenoxy) is 1. The Morgan fingerprint density at radius 3 is 2.25 bits per heavy atom. The highest BCUT2D eigenvalue weighted by Crippen LogP contribution is 2.62. The zero-order chi connectivity index (χ0) is 11.3. The highest BCUT2D eigenvalue weighted by Gasteiger charge is 2.57. The van der Waals surface area contributed by atoms with E-state index in [0.29, 0.717) is 0 Å². The minimum absolute atomic E-state index is 0.0887. The second-order valence-electron chi connectivity index (χ2n) is 6.20. The van der Waals surface area contributed by atoms with Crippen LogP contribution in [0, 0.1) is 23.7 Å². The van der Waals surface area contributed by atoms with Crippen molar-refractivity contribution < 1.29 is 9.53 Å². The van der Waals surface area contributed by atoms with Crippen LogP contribution in [0.3, 0.4) is 0 Å². The van der Waals surface area contributed by atoms with Gasteiger partial charge in [-0.1, -0.05) is 6.92 Å². The third-order valence-electron chi connectivity index (χ3n) is 5.49. The van der Waals surface area contributed by atoms with Gasteiger partial charge in [0.2, 0.25) is 0 Å². The molecule has 0 aliphatic heterocycles. The molecule has 3 saturated carbocycles. The monoisotopic (exact) mass is 222 g/mol. The van der Waals surface area contributed by atoms with Gasteiger partial charge < -0.3 is 4.74 Å². The summed E-state index contributed by atoms with van der Waals surface area (Å²) in [7, 11) is 0. The van der Waals surface area contributed by atoms with Gasteiger partial charge in [0.05, 0.1) is 0 Å². The lowest BCUT2D eigenvalue weighted by molar-refractivity contribution is -0.157. The molecule has 0 heterocycles. The highest BCUT2D eigenvalue weighted by atomic mass is 16.6. The topological polar surface area (TPSA) is 26.3 Å². The first-order valence-corrected chi connectivity index (χ1v) is 6.83. The minimum atomic E-state index is -0.0948. The van der Waals surface area contributed by atoms with E-state index in [9.17, 15) is 4.79 Å². The van der Waals surface area contributed by atoms with E-state index in [4.69, 9.17) is 4.74 Å². The number of carbonyl (C=O) groups excluding carboxylic acids is 1. The summed E-state index contributed by atoms with van der Waals surface area (Å²) in [6.45, 7) is 3.73. The molecule has 0 aromatic heterocycles. The third kappa shape index (κ3) is 1.42. The molecule has 4 atom stereocenters. The Bertz CT molecular complexity index is 292. The van der Waals surface area contributed by atoms with Crippen LogP contribution in [0.25, 0.3) is 0 Å². The van der Waals surface area contributed by atoms with Gasteiger partial charge in [-0.2, -0.15) is 0 Å². The number of carbonyl (C=O) groups is 1. The van der Waals surface area contributed by atoms with Crippen molar-refractivity contribution in [3.8, 4) is 0 Å². The normalized spacial score (nSPS) is 49.4. The molecule has 4 unspecified atom stereocenters. The summed E-state index contributed by atoms with van der Waals surface area (Å²) in [4.78, 5) is 11.2. The van der Waals surface area contributed by atoms with E-state index in [1.807, 2.05) is 0 Å². The van der Waals surface area contributed by atoms with Crippen molar-refractivity contribution in [2.24, 2.45) is 23.7 Å². The maximum absolute atomic E-state index is 11.2. The largest absolute Gasteiger partial charge is 0.459 e. The SMILES string of the molecule is CCC1(OC(C)=O)CC2C3CCC(C3)C2C1. The second kappa shape index (κ2) is 3.48. The van der Waals surface area contributed by atoms with Crippen LogP contribution in [0.4, 0.5) is 0 Å². The average molecular weight is 222 g/mol. The molecule has 0 aromatic carbocycles. The third-order valence-corrected chi connectivity index (χ3v) is 5.49. The molecule has 3 rings (SSSR count). The first kappa shape index (κ1) is 10.6. The molecule has 0 saturated heterocycles. The van der Waals surface area contributed by atoms with Crippen molar-refractivity contribution in [2.75, 3.05) is 0 Å². The Balaban J connectivity index is 1.78. The standard InChI is InChI=1S/C14H22O2/c1-3-14(16-9(2)15)7-12-10-4-5-11(6-10)13(12)8-14/h10-13H,3-8H2,1-2H3. The molecule has 3 aliphatic carbocycles. The van der Waals surface area contributed by atoms with Gasteiger partial charge in [0, 0.05) is 6.92 Å². The van der Waals surface area contributed by atoms with Crippen molar-refractivity contribution in [1.29, 1.82) is 0 Å². The molecular weight excluding hydrogens is 200 g/mol. The summed E-state index contributed by atoms with van der Waals surface area (Å²) < 4.78 is 5.67. The van der Waals surface area contributed by atoms with E-state index in [1.54, 1.807) is 6.92 Å². The van der Waals surface area contributed by atoms with Gasteiger partial charge >= 0.3 is 5.97 Å². The lowest BCUT2D eigenvalue weighted by atomic mass is 9.82. The van der Waals surface area contributed by atoms with E-state index in [-0.39, 0.29) is 11.6 Å². The second-order valence-corrected chi connectivity index (χ2v) is 6.20. The van der Waals surface area contributed by atoms with Crippen molar-refractivity contribution >= 4 is 5.97 Å². The van der Waals surface area contributed by atoms with Crippen LogP contribution in [-0.2, 0) is 9.53 Å². The molecule has 16 heavy (non-hydrogen) atoms. The number of fused-ring (bicyclic) bond motifs is 5. The molecule has 90 valence electrons. The van der Waals surface area contributed by atoms with Crippen LogP contribution >= 0.6 is 0 Å². The molecular formula is C14H22O2. The predicted octanol–water partition coefficient (Wildman–Crippen LogP) is 3.15. The van der Waals surface area contributed by atoms with Gasteiger partial charge in [0.15, 0.2) is 0 Å². The number of rotatable bonds is 2. The molecule has 0 spiro atoms. The molecule has 2 bridgehead atoms. The van der Waals surface area contributed by atoms with E-state index < -0.39 is 0 Å². The van der Waals surface area contributed by atoms with Crippen LogP contribution in [0.15, 0.2) is 0 Å². The molecule has 0 aromatic rings. The van der Waals surface area contributed by atoms with Crippen molar-refractivity contribution in [2.45, 2.75) is 58.0 Å². The summed E-state index contributed by atoms with van der Waals surface area (Å²) >= 11 is 0. The Hall–Kier alpha value is -0.530. The van der Waals surface area contributed by atoms with Crippen LogP contribution in [0.2, 0.25) is 0 Å². The number of hydrogen-bond acceptors (Lipinski definition) is 2. The first-order valence-electron chi connectivity index (χ1n) is 6.83. The predicted molar refractivity (Wildman–Crippen MR) is 61.8 cm³/mol. The van der Waals surface area contributed by atoms with E-state index in [0.717, 1.165) is 42.9 Å². The van der Waals surface area contributed by atoms with Gasteiger partial charge in [-0.05, 0) is 62.2 Å². The highest BCUT2D eigenvalue weighted by molar-refractivity contribution is 5.66. The first-order chi connectivity index (χ1) is 7.63. The van der Waals surface area contributed by atoms with E-state index in [2.05, 4.69) is 6.92 Å². The Morgan fingerprint density at radius 1 is 1.25 bits per heavy atom. The summed E-state index contributed by atoms with van der Waals surface area (Å²) in [5.41, 5.74) is -0.0948. The smallest absolute Gasteiger partial charge is 0.303 e. The van der Waals surface area contributed by atoms with Crippen molar-refractivity contribution in [3.63, 3.8) is 0 Å². The van der Waals surface area contributed by atoms with Gasteiger partial charge in [0.25, 0.3) is 0 Å². The lowest BCUT2D eigenvalue weighted by Gasteiger charge is -2.29. The van der Waals surface area contributed by atoms with Crippen molar-refractivity contribution in [1.82, 2.24) is 0 Å². The van der Waals surface area contributed by atoms with Crippen LogP contribution in [0.1, 0.15) is 52.4 Å². The van der Waals surface area contributed by atoms with Crippen molar-refractivity contribution in [3.05, 3.63) is 0 Å². The van der Waals surface area contributed by atoms with E-state index in [1.165, 1.54) is 19.3 Å². The molecule has 3 aliphatic rings. The van der Waals surface area contributed by atoms with Crippen LogP contribution in [0.5, 0.6) is 0 Å². The summed E-state index contributed by atoms with van der Waals surface area (Å²) in [6, 6.07) is 0. The minimum Gasteiger partial charge on any atom is -0.459 e. The van der Waals surface area contributed by atoms with Gasteiger partial charge in [0.1, 0.15) is 5.60 Å². The number of esters is 1. The Labute approximate surface area is 97.7 Å². The fourth-order valence-electron chi connectivity index (χ4n) is 4.86. The molecule has 2 nitrogen and oxygen atoms in total. The van der Waals surface area contributed by atoms with Crippen LogP contribution < -0.4 is 0 Å². The molecule has 3 fully saturated rings. The average Bonchev–Trinajstić information content (AvgIpc) is 2.85. The zero-order valence-electron chi connectivity index (χ0n) is 10.4.